The largest absolute Gasteiger partial charge is 0.508 e. The molecule has 1 aromatic heterocycles. The highest BCUT2D eigenvalue weighted by Crippen LogP contribution is 2.25. The second-order valence-corrected chi connectivity index (χ2v) is 7.22. The van der Waals surface area contributed by atoms with Crippen molar-refractivity contribution in [1.29, 1.82) is 0 Å². The Labute approximate surface area is 168 Å². The fourth-order valence-corrected chi connectivity index (χ4v) is 3.43. The van der Waals surface area contributed by atoms with Gasteiger partial charge < -0.3 is 20.4 Å². The second-order valence-electron chi connectivity index (χ2n) is 7.22. The Morgan fingerprint density at radius 3 is 2.59 bits per heavy atom. The summed E-state index contributed by atoms with van der Waals surface area (Å²) in [6.07, 6.45) is 1.80. The van der Waals surface area contributed by atoms with Crippen LogP contribution >= 0.6 is 0 Å². The molecule has 2 heterocycles. The zero-order valence-corrected chi connectivity index (χ0v) is 16.0. The standard InChI is InChI=1S/C21H23N3O5/c1-13-8-14(5-6-18(13)25)20(27)24-11-15(9-16(12-24)21(28)29)19(26)23-10-17-4-2-3-7-22-17/h2-8,15-16,25H,9-12H2,1H3,(H,23,26)(H,28,29)/t15-,16+/m1/s1. The zero-order chi connectivity index (χ0) is 21.0. The van der Waals surface area contributed by atoms with Crippen molar-refractivity contribution in [3.05, 3.63) is 59.4 Å². The summed E-state index contributed by atoms with van der Waals surface area (Å²) in [6, 6.07) is 9.85. The summed E-state index contributed by atoms with van der Waals surface area (Å²) in [4.78, 5) is 42.7. The molecule has 3 N–H and O–H groups in total. The van der Waals surface area contributed by atoms with Gasteiger partial charge in [0, 0.05) is 24.8 Å². The molecule has 8 heteroatoms. The molecular weight excluding hydrogens is 374 g/mol. The Balaban J connectivity index is 1.72. The summed E-state index contributed by atoms with van der Waals surface area (Å²) in [6.45, 7) is 2.09. The lowest BCUT2D eigenvalue weighted by Crippen LogP contribution is -2.50. The number of carboxylic acid groups (broad SMARTS) is 1. The maximum absolute atomic E-state index is 12.9. The van der Waals surface area contributed by atoms with Crippen LogP contribution in [0.25, 0.3) is 0 Å². The average Bonchev–Trinajstić information content (AvgIpc) is 2.73. The van der Waals surface area contributed by atoms with Crippen LogP contribution < -0.4 is 5.32 Å². The minimum atomic E-state index is -1.04. The average molecular weight is 397 g/mol. The molecule has 8 nitrogen and oxygen atoms in total. The van der Waals surface area contributed by atoms with E-state index in [1.807, 2.05) is 6.07 Å². The Kier molecular flexibility index (Phi) is 6.11. The molecule has 0 saturated carbocycles. The first-order valence-electron chi connectivity index (χ1n) is 9.34. The summed E-state index contributed by atoms with van der Waals surface area (Å²) in [7, 11) is 0. The van der Waals surface area contributed by atoms with E-state index in [0.29, 0.717) is 16.8 Å². The summed E-state index contributed by atoms with van der Waals surface area (Å²) in [5, 5.41) is 21.9. The van der Waals surface area contributed by atoms with Crippen LogP contribution in [0.3, 0.4) is 0 Å². The van der Waals surface area contributed by atoms with Gasteiger partial charge in [0.05, 0.1) is 24.1 Å². The molecule has 29 heavy (non-hydrogen) atoms. The first-order valence-corrected chi connectivity index (χ1v) is 9.34. The number of nitrogens with one attached hydrogen (secondary N) is 1. The van der Waals surface area contributed by atoms with E-state index in [9.17, 15) is 24.6 Å². The van der Waals surface area contributed by atoms with Crippen LogP contribution in [-0.4, -0.2) is 51.0 Å². The molecule has 1 saturated heterocycles. The molecule has 2 aromatic rings. The normalized spacial score (nSPS) is 18.9. The fourth-order valence-electron chi connectivity index (χ4n) is 3.43. The van der Waals surface area contributed by atoms with Crippen molar-refractivity contribution in [1.82, 2.24) is 15.2 Å². The van der Waals surface area contributed by atoms with Crippen LogP contribution in [0.4, 0.5) is 0 Å². The third-order valence-electron chi connectivity index (χ3n) is 5.07. The number of aromatic hydroxyl groups is 1. The lowest BCUT2D eigenvalue weighted by molar-refractivity contribution is -0.144. The first-order chi connectivity index (χ1) is 13.8. The summed E-state index contributed by atoms with van der Waals surface area (Å²) < 4.78 is 0. The highest BCUT2D eigenvalue weighted by Gasteiger charge is 2.37. The topological polar surface area (TPSA) is 120 Å². The molecule has 1 aliphatic rings. The number of benzene rings is 1. The van der Waals surface area contributed by atoms with Gasteiger partial charge in [0.1, 0.15) is 5.75 Å². The molecule has 2 amide bonds. The number of carboxylic acids is 1. The molecule has 1 aromatic carbocycles. The van der Waals surface area contributed by atoms with Gasteiger partial charge >= 0.3 is 5.97 Å². The minimum absolute atomic E-state index is 0.0398. The van der Waals surface area contributed by atoms with Gasteiger partial charge in [0.15, 0.2) is 0 Å². The van der Waals surface area contributed by atoms with Crippen molar-refractivity contribution in [3.63, 3.8) is 0 Å². The number of phenols is 1. The number of aryl methyl sites for hydroxylation is 1. The van der Waals surface area contributed by atoms with Crippen molar-refractivity contribution in [3.8, 4) is 5.75 Å². The highest BCUT2D eigenvalue weighted by molar-refractivity contribution is 5.95. The molecule has 0 bridgehead atoms. The van der Waals surface area contributed by atoms with E-state index in [1.165, 1.54) is 17.0 Å². The van der Waals surface area contributed by atoms with Gasteiger partial charge in [0.2, 0.25) is 5.91 Å². The third-order valence-corrected chi connectivity index (χ3v) is 5.07. The molecule has 0 radical (unpaired) electrons. The van der Waals surface area contributed by atoms with Gasteiger partial charge in [0.25, 0.3) is 5.91 Å². The summed E-state index contributed by atoms with van der Waals surface area (Å²) in [5.41, 5.74) is 1.59. The molecule has 1 aliphatic heterocycles. The molecule has 3 rings (SSSR count). The van der Waals surface area contributed by atoms with Crippen LogP contribution in [-0.2, 0) is 16.1 Å². The number of carbonyl (C=O) groups excluding carboxylic acids is 2. The number of piperidine rings is 1. The van der Waals surface area contributed by atoms with Crippen molar-refractivity contribution in [2.45, 2.75) is 19.9 Å². The van der Waals surface area contributed by atoms with Crippen LogP contribution in [0.15, 0.2) is 42.6 Å². The third kappa shape index (κ3) is 4.90. The van der Waals surface area contributed by atoms with Crippen molar-refractivity contribution >= 4 is 17.8 Å². The SMILES string of the molecule is Cc1cc(C(=O)N2C[C@@H](C(=O)O)C[C@@H](C(=O)NCc3ccccn3)C2)ccc1O. The lowest BCUT2D eigenvalue weighted by Gasteiger charge is -2.35. The summed E-state index contributed by atoms with van der Waals surface area (Å²) in [5.74, 6) is -3.07. The van der Waals surface area contributed by atoms with Gasteiger partial charge in [-0.1, -0.05) is 6.07 Å². The van der Waals surface area contributed by atoms with Gasteiger partial charge in [-0.25, -0.2) is 0 Å². The van der Waals surface area contributed by atoms with E-state index in [4.69, 9.17) is 0 Å². The number of hydrogen-bond donors (Lipinski definition) is 3. The van der Waals surface area contributed by atoms with Gasteiger partial charge in [-0.05, 0) is 49.2 Å². The number of carbonyl (C=O) groups is 3. The Morgan fingerprint density at radius 1 is 1.17 bits per heavy atom. The number of nitrogens with zero attached hydrogens (tertiary/aromatic N) is 2. The number of phenolic OH excluding ortho intramolecular Hbond substituents is 1. The number of aromatic nitrogens is 1. The zero-order valence-electron chi connectivity index (χ0n) is 16.0. The number of rotatable bonds is 5. The van der Waals surface area contributed by atoms with Crippen LogP contribution in [0.2, 0.25) is 0 Å². The van der Waals surface area contributed by atoms with Gasteiger partial charge in [-0.2, -0.15) is 0 Å². The fraction of sp³-hybridized carbons (Fsp3) is 0.333. The smallest absolute Gasteiger partial charge is 0.308 e. The van der Waals surface area contributed by atoms with E-state index in [-0.39, 0.29) is 43.6 Å². The number of amides is 2. The number of aliphatic carboxylic acids is 1. The maximum Gasteiger partial charge on any atom is 0.308 e. The van der Waals surface area contributed by atoms with Crippen LogP contribution in [0, 0.1) is 18.8 Å². The number of likely N-dealkylation sites (tertiary alicyclic amines) is 1. The predicted molar refractivity (Wildman–Crippen MR) is 104 cm³/mol. The minimum Gasteiger partial charge on any atom is -0.508 e. The molecule has 1 fully saturated rings. The Bertz CT molecular complexity index is 916. The predicted octanol–water partition coefficient (Wildman–Crippen LogP) is 1.57. The van der Waals surface area contributed by atoms with Crippen LogP contribution in [0.1, 0.15) is 28.0 Å². The second kappa shape index (κ2) is 8.72. The summed E-state index contributed by atoms with van der Waals surface area (Å²) >= 11 is 0. The van der Waals surface area contributed by atoms with E-state index >= 15 is 0 Å². The molecular formula is C21H23N3O5. The monoisotopic (exact) mass is 397 g/mol. The molecule has 2 atom stereocenters. The lowest BCUT2D eigenvalue weighted by atomic mass is 9.88. The highest BCUT2D eigenvalue weighted by atomic mass is 16.4. The van der Waals surface area contributed by atoms with E-state index in [1.54, 1.807) is 31.3 Å². The van der Waals surface area contributed by atoms with E-state index in [0.717, 1.165) is 0 Å². The number of hydrogen-bond acceptors (Lipinski definition) is 5. The maximum atomic E-state index is 12.9. The van der Waals surface area contributed by atoms with Crippen molar-refractivity contribution < 1.29 is 24.6 Å². The van der Waals surface area contributed by atoms with E-state index in [2.05, 4.69) is 10.3 Å². The van der Waals surface area contributed by atoms with Gasteiger partial charge in [-0.15, -0.1) is 0 Å². The molecule has 0 unspecified atom stereocenters. The molecule has 0 spiro atoms. The Morgan fingerprint density at radius 2 is 1.93 bits per heavy atom. The first kappa shape index (κ1) is 20.3. The van der Waals surface area contributed by atoms with Crippen LogP contribution in [0.5, 0.6) is 5.75 Å². The molecule has 0 aliphatic carbocycles. The van der Waals surface area contributed by atoms with Crippen molar-refractivity contribution in [2.75, 3.05) is 13.1 Å². The quantitative estimate of drug-likeness (QED) is 0.705. The Hall–Kier alpha value is -3.42. The van der Waals surface area contributed by atoms with E-state index < -0.39 is 17.8 Å². The number of pyridine rings is 1. The van der Waals surface area contributed by atoms with Gasteiger partial charge in [-0.3, -0.25) is 19.4 Å². The molecule has 152 valence electrons. The van der Waals surface area contributed by atoms with Crippen molar-refractivity contribution in [2.24, 2.45) is 11.8 Å².